The second-order valence-corrected chi connectivity index (χ2v) is 7.19. The summed E-state index contributed by atoms with van der Waals surface area (Å²) < 4.78 is 0. The summed E-state index contributed by atoms with van der Waals surface area (Å²) in [5.41, 5.74) is 0.538. The molecule has 2 heterocycles. The van der Waals surface area contributed by atoms with Crippen molar-refractivity contribution in [1.29, 1.82) is 0 Å². The van der Waals surface area contributed by atoms with E-state index in [2.05, 4.69) is 5.32 Å². The molecular weight excluding hydrogens is 316 g/mol. The van der Waals surface area contributed by atoms with Crippen molar-refractivity contribution in [2.75, 3.05) is 10.7 Å². The molecule has 3 rings (SSSR count). The van der Waals surface area contributed by atoms with Crippen LogP contribution in [0.25, 0.3) is 0 Å². The number of rotatable bonds is 6. The molecule has 124 valence electrons. The van der Waals surface area contributed by atoms with Gasteiger partial charge >= 0.3 is 12.0 Å². The largest absolute Gasteiger partial charge is 0.506 e. The lowest BCUT2D eigenvalue weighted by Crippen LogP contribution is -2.41. The van der Waals surface area contributed by atoms with E-state index in [-0.39, 0.29) is 35.5 Å². The normalized spacial score (nSPS) is 26.2. The van der Waals surface area contributed by atoms with Gasteiger partial charge in [0.25, 0.3) is 0 Å². The van der Waals surface area contributed by atoms with E-state index in [0.717, 1.165) is 18.6 Å². The van der Waals surface area contributed by atoms with Crippen LogP contribution in [0.2, 0.25) is 0 Å². The first kappa shape index (κ1) is 16.0. The standard InChI is InChI=1S/C16H20N2O4S/c19-12-6-2-1-5-11(12)18-15-10(17-16(18)22)9-23-13(15)7-3-4-8-14(20)21/h1-2,5-6,10,13,15,19H,3-4,7-9H2,(H,17,22)(H,20,21)/t10-,13-,15-/m1/s1. The molecule has 6 nitrogen and oxygen atoms in total. The Morgan fingerprint density at radius 2 is 2.13 bits per heavy atom. The Hall–Kier alpha value is -1.89. The number of thioether (sulfide) groups is 1. The summed E-state index contributed by atoms with van der Waals surface area (Å²) in [4.78, 5) is 24.6. The van der Waals surface area contributed by atoms with Crippen LogP contribution >= 0.6 is 11.8 Å². The molecule has 3 atom stereocenters. The van der Waals surface area contributed by atoms with Crippen LogP contribution in [0.4, 0.5) is 10.5 Å². The summed E-state index contributed by atoms with van der Waals surface area (Å²) in [6, 6.07) is 6.79. The quantitative estimate of drug-likeness (QED) is 0.548. The van der Waals surface area contributed by atoms with Crippen molar-refractivity contribution in [2.45, 2.75) is 43.0 Å². The van der Waals surface area contributed by atoms with Crippen molar-refractivity contribution in [2.24, 2.45) is 0 Å². The molecule has 0 unspecified atom stereocenters. The second kappa shape index (κ2) is 6.70. The zero-order valence-corrected chi connectivity index (χ0v) is 13.5. The lowest BCUT2D eigenvalue weighted by molar-refractivity contribution is -0.137. The molecule has 0 saturated carbocycles. The molecule has 2 saturated heterocycles. The Morgan fingerprint density at radius 3 is 2.87 bits per heavy atom. The number of hydrogen-bond acceptors (Lipinski definition) is 4. The number of hydrogen-bond donors (Lipinski definition) is 3. The summed E-state index contributed by atoms with van der Waals surface area (Å²) in [5.74, 6) is 0.185. The third-order valence-electron chi connectivity index (χ3n) is 4.38. The monoisotopic (exact) mass is 336 g/mol. The van der Waals surface area contributed by atoms with Crippen molar-refractivity contribution in [3.8, 4) is 5.75 Å². The first-order valence-electron chi connectivity index (χ1n) is 7.79. The van der Waals surface area contributed by atoms with Crippen molar-refractivity contribution in [3.05, 3.63) is 24.3 Å². The molecule has 0 aromatic heterocycles. The number of fused-ring (bicyclic) bond motifs is 1. The van der Waals surface area contributed by atoms with Crippen molar-refractivity contribution in [3.63, 3.8) is 0 Å². The van der Waals surface area contributed by atoms with Crippen LogP contribution in [0.15, 0.2) is 24.3 Å². The first-order valence-corrected chi connectivity index (χ1v) is 8.84. The minimum absolute atomic E-state index is 0.00521. The van der Waals surface area contributed by atoms with Gasteiger partial charge in [-0.05, 0) is 25.0 Å². The summed E-state index contributed by atoms with van der Waals surface area (Å²) >= 11 is 1.81. The maximum absolute atomic E-state index is 12.3. The zero-order chi connectivity index (χ0) is 16.4. The number of anilines is 1. The van der Waals surface area contributed by atoms with Gasteiger partial charge < -0.3 is 15.5 Å². The second-order valence-electron chi connectivity index (χ2n) is 5.92. The molecule has 7 heteroatoms. The lowest BCUT2D eigenvalue weighted by Gasteiger charge is -2.27. The first-order chi connectivity index (χ1) is 11.1. The summed E-state index contributed by atoms with van der Waals surface area (Å²) in [6.45, 7) is 0. The molecule has 0 bridgehead atoms. The van der Waals surface area contributed by atoms with E-state index < -0.39 is 5.97 Å². The van der Waals surface area contributed by atoms with Gasteiger partial charge in [0.15, 0.2) is 0 Å². The van der Waals surface area contributed by atoms with Crippen molar-refractivity contribution < 1.29 is 19.8 Å². The van der Waals surface area contributed by atoms with E-state index in [9.17, 15) is 14.7 Å². The number of amides is 2. The van der Waals surface area contributed by atoms with E-state index in [1.807, 2.05) is 11.8 Å². The number of phenolic OH excluding ortho intramolecular Hbond substituents is 1. The van der Waals surface area contributed by atoms with Gasteiger partial charge in [-0.25, -0.2) is 4.79 Å². The number of carbonyl (C=O) groups excluding carboxylic acids is 1. The molecule has 3 N–H and O–H groups in total. The topological polar surface area (TPSA) is 89.9 Å². The number of carboxylic acid groups (broad SMARTS) is 1. The number of aliphatic carboxylic acids is 1. The van der Waals surface area contributed by atoms with Gasteiger partial charge in [-0.3, -0.25) is 9.69 Å². The van der Waals surface area contributed by atoms with Crippen LogP contribution in [-0.2, 0) is 4.79 Å². The summed E-state index contributed by atoms with van der Waals surface area (Å²) in [6.07, 6.45) is 2.54. The average Bonchev–Trinajstić information content (AvgIpc) is 3.03. The molecule has 0 spiro atoms. The van der Waals surface area contributed by atoms with Crippen LogP contribution in [0.5, 0.6) is 5.75 Å². The van der Waals surface area contributed by atoms with Crippen molar-refractivity contribution >= 4 is 29.4 Å². The lowest BCUT2D eigenvalue weighted by atomic mass is 10.0. The fourth-order valence-electron chi connectivity index (χ4n) is 3.33. The highest BCUT2D eigenvalue weighted by atomic mass is 32.2. The van der Waals surface area contributed by atoms with Gasteiger partial charge in [-0.1, -0.05) is 18.6 Å². The predicted octanol–water partition coefficient (Wildman–Crippen LogP) is 2.42. The van der Waals surface area contributed by atoms with E-state index in [0.29, 0.717) is 12.1 Å². The zero-order valence-electron chi connectivity index (χ0n) is 12.6. The van der Waals surface area contributed by atoms with Gasteiger partial charge in [0.05, 0.1) is 17.8 Å². The Kier molecular flexibility index (Phi) is 4.66. The maximum atomic E-state index is 12.3. The van der Waals surface area contributed by atoms with Crippen LogP contribution in [0.1, 0.15) is 25.7 Å². The number of aromatic hydroxyl groups is 1. The number of para-hydroxylation sites is 2. The van der Waals surface area contributed by atoms with Gasteiger partial charge in [-0.2, -0.15) is 11.8 Å². The Morgan fingerprint density at radius 1 is 1.35 bits per heavy atom. The number of unbranched alkanes of at least 4 members (excludes halogenated alkanes) is 1. The Bertz CT molecular complexity index is 609. The third-order valence-corrected chi connectivity index (χ3v) is 5.87. The molecule has 2 aliphatic heterocycles. The molecule has 2 amide bonds. The number of nitrogens with one attached hydrogen (secondary N) is 1. The number of nitrogens with zero attached hydrogens (tertiary/aromatic N) is 1. The van der Waals surface area contributed by atoms with Gasteiger partial charge in [0.1, 0.15) is 5.75 Å². The molecule has 1 aromatic rings. The number of urea groups is 1. The van der Waals surface area contributed by atoms with Gasteiger partial charge in [0.2, 0.25) is 0 Å². The molecule has 2 aliphatic rings. The fourth-order valence-corrected chi connectivity index (χ4v) is 4.91. The summed E-state index contributed by atoms with van der Waals surface area (Å²) in [5, 5.41) is 22.0. The third kappa shape index (κ3) is 3.24. The maximum Gasteiger partial charge on any atom is 0.322 e. The number of phenols is 1. The Balaban J connectivity index is 1.72. The molecule has 1 aromatic carbocycles. The van der Waals surface area contributed by atoms with E-state index >= 15 is 0 Å². The van der Waals surface area contributed by atoms with Crippen LogP contribution in [0.3, 0.4) is 0 Å². The summed E-state index contributed by atoms with van der Waals surface area (Å²) in [7, 11) is 0. The van der Waals surface area contributed by atoms with Crippen LogP contribution in [0, 0.1) is 0 Å². The molecule has 0 radical (unpaired) electrons. The number of benzene rings is 1. The smallest absolute Gasteiger partial charge is 0.322 e. The number of carboxylic acids is 1. The minimum atomic E-state index is -0.768. The SMILES string of the molecule is O=C(O)CCCC[C@H]1SC[C@H]2NC(=O)N(c3ccccc3O)[C@H]21. The molecule has 23 heavy (non-hydrogen) atoms. The molecule has 2 fully saturated rings. The highest BCUT2D eigenvalue weighted by molar-refractivity contribution is 8.00. The van der Waals surface area contributed by atoms with Crippen molar-refractivity contribution in [1.82, 2.24) is 5.32 Å². The fraction of sp³-hybridized carbons (Fsp3) is 0.500. The van der Waals surface area contributed by atoms with Gasteiger partial charge in [-0.15, -0.1) is 0 Å². The number of carbonyl (C=O) groups is 2. The molecular formula is C16H20N2O4S. The Labute approximate surface area is 138 Å². The van der Waals surface area contributed by atoms with Crippen LogP contribution < -0.4 is 10.2 Å². The highest BCUT2D eigenvalue weighted by Crippen LogP contribution is 2.41. The van der Waals surface area contributed by atoms with E-state index in [1.54, 1.807) is 29.2 Å². The molecule has 0 aliphatic carbocycles. The van der Waals surface area contributed by atoms with Gasteiger partial charge in [0, 0.05) is 17.4 Å². The van der Waals surface area contributed by atoms with E-state index in [1.165, 1.54) is 0 Å². The highest BCUT2D eigenvalue weighted by Gasteiger charge is 2.49. The average molecular weight is 336 g/mol. The minimum Gasteiger partial charge on any atom is -0.506 e. The van der Waals surface area contributed by atoms with E-state index in [4.69, 9.17) is 5.11 Å². The van der Waals surface area contributed by atoms with Crippen LogP contribution in [-0.4, -0.2) is 45.3 Å². The predicted molar refractivity (Wildman–Crippen MR) is 89.0 cm³/mol.